The molecule has 0 aliphatic heterocycles. The van der Waals surface area contributed by atoms with Crippen LogP contribution in [0.2, 0.25) is 0 Å². The summed E-state index contributed by atoms with van der Waals surface area (Å²) in [6, 6.07) is 7.71. The molecule has 0 aliphatic carbocycles. The molecule has 0 saturated heterocycles. The summed E-state index contributed by atoms with van der Waals surface area (Å²) in [6.07, 6.45) is 0.311. The highest BCUT2D eigenvalue weighted by Gasteiger charge is 2.03. The monoisotopic (exact) mass is 199 g/mol. The van der Waals surface area contributed by atoms with Crippen LogP contribution in [0.4, 0.5) is 0 Å². The molecule has 0 aromatic heterocycles. The molecule has 2 nitrogen and oxygen atoms in total. The molecular formula is C10H14ClNO. The Morgan fingerprint density at radius 3 is 2.38 bits per heavy atom. The first-order valence-electron chi connectivity index (χ1n) is 4.31. The average Bonchev–Trinajstić information content (AvgIpc) is 2.18. The summed E-state index contributed by atoms with van der Waals surface area (Å²) in [5.41, 5.74) is 7.37. The van der Waals surface area contributed by atoms with Gasteiger partial charge in [-0.05, 0) is 17.5 Å². The van der Waals surface area contributed by atoms with Crippen molar-refractivity contribution in [3.63, 3.8) is 0 Å². The molecule has 1 aromatic carbocycles. The maximum absolute atomic E-state index is 9.40. The molecule has 3 heteroatoms. The quantitative estimate of drug-likeness (QED) is 0.722. The fraction of sp³-hybridized carbons (Fsp3) is 0.400. The largest absolute Gasteiger partial charge is 0.387 e. The van der Waals surface area contributed by atoms with Crippen LogP contribution in [-0.4, -0.2) is 17.5 Å². The first-order chi connectivity index (χ1) is 6.27. The lowest BCUT2D eigenvalue weighted by Crippen LogP contribution is -2.11. The second-order valence-electron chi connectivity index (χ2n) is 2.93. The Balaban J connectivity index is 2.69. The molecular weight excluding hydrogens is 186 g/mol. The lowest BCUT2D eigenvalue weighted by atomic mass is 10.1. The highest BCUT2D eigenvalue weighted by atomic mass is 35.5. The minimum Gasteiger partial charge on any atom is -0.387 e. The summed E-state index contributed by atoms with van der Waals surface area (Å²) in [7, 11) is 0. The third-order valence-corrected chi connectivity index (χ3v) is 2.16. The third-order valence-electron chi connectivity index (χ3n) is 1.97. The number of rotatable bonds is 4. The van der Waals surface area contributed by atoms with Gasteiger partial charge in [0.2, 0.25) is 0 Å². The van der Waals surface area contributed by atoms with Crippen molar-refractivity contribution in [2.24, 2.45) is 5.73 Å². The van der Waals surface area contributed by atoms with Gasteiger partial charge in [-0.2, -0.15) is 0 Å². The Labute approximate surface area is 83.3 Å². The molecule has 72 valence electrons. The lowest BCUT2D eigenvalue weighted by molar-refractivity contribution is 0.186. The number of benzene rings is 1. The van der Waals surface area contributed by atoms with Gasteiger partial charge in [0, 0.05) is 12.4 Å². The van der Waals surface area contributed by atoms with E-state index in [9.17, 15) is 5.11 Å². The van der Waals surface area contributed by atoms with Crippen LogP contribution in [0.3, 0.4) is 0 Å². The van der Waals surface area contributed by atoms with Gasteiger partial charge in [-0.25, -0.2) is 0 Å². The van der Waals surface area contributed by atoms with Crippen LogP contribution in [0.25, 0.3) is 0 Å². The number of aliphatic hydroxyl groups excluding tert-OH is 1. The van der Waals surface area contributed by atoms with Gasteiger partial charge in [-0.15, -0.1) is 11.6 Å². The van der Waals surface area contributed by atoms with E-state index in [1.807, 2.05) is 24.3 Å². The Morgan fingerprint density at radius 2 is 1.92 bits per heavy atom. The molecule has 1 rings (SSSR count). The number of alkyl halides is 1. The van der Waals surface area contributed by atoms with Crippen molar-refractivity contribution in [3.8, 4) is 0 Å². The Kier molecular flexibility index (Phi) is 4.22. The van der Waals surface area contributed by atoms with Crippen molar-refractivity contribution < 1.29 is 5.11 Å². The van der Waals surface area contributed by atoms with Crippen LogP contribution in [0.1, 0.15) is 17.2 Å². The van der Waals surface area contributed by atoms with E-state index in [0.717, 1.165) is 12.0 Å². The Morgan fingerprint density at radius 1 is 1.31 bits per heavy atom. The number of halogens is 1. The standard InChI is InChI=1S/C10H14ClNO/c11-6-5-8-1-3-9(4-2-8)10(13)7-12/h1-4,10,13H,5-7,12H2/t10-/m0/s1. The van der Waals surface area contributed by atoms with Crippen molar-refractivity contribution in [1.29, 1.82) is 0 Å². The minimum atomic E-state index is -0.551. The molecule has 0 fully saturated rings. The summed E-state index contributed by atoms with van der Waals surface area (Å²) in [5, 5.41) is 9.40. The molecule has 0 radical (unpaired) electrons. The van der Waals surface area contributed by atoms with Crippen molar-refractivity contribution in [3.05, 3.63) is 35.4 Å². The second-order valence-corrected chi connectivity index (χ2v) is 3.31. The number of aryl methyl sites for hydroxylation is 1. The maximum atomic E-state index is 9.40. The minimum absolute atomic E-state index is 0.259. The van der Waals surface area contributed by atoms with Crippen molar-refractivity contribution >= 4 is 11.6 Å². The van der Waals surface area contributed by atoms with Crippen LogP contribution < -0.4 is 5.73 Å². The average molecular weight is 200 g/mol. The van der Waals surface area contributed by atoms with Gasteiger partial charge in [-0.1, -0.05) is 24.3 Å². The lowest BCUT2D eigenvalue weighted by Gasteiger charge is -2.08. The molecule has 1 aromatic rings. The van der Waals surface area contributed by atoms with Crippen LogP contribution in [0.5, 0.6) is 0 Å². The van der Waals surface area contributed by atoms with Crippen LogP contribution >= 0.6 is 11.6 Å². The first kappa shape index (κ1) is 10.5. The van der Waals surface area contributed by atoms with E-state index >= 15 is 0 Å². The Bertz CT molecular complexity index is 248. The molecule has 13 heavy (non-hydrogen) atoms. The van der Waals surface area contributed by atoms with Crippen molar-refractivity contribution in [1.82, 2.24) is 0 Å². The normalized spacial score (nSPS) is 12.8. The molecule has 0 saturated carbocycles. The summed E-state index contributed by atoms with van der Waals surface area (Å²) in [4.78, 5) is 0. The Hall–Kier alpha value is -0.570. The SMILES string of the molecule is NC[C@H](O)c1ccc(CCCl)cc1. The fourth-order valence-corrected chi connectivity index (χ4v) is 1.37. The van der Waals surface area contributed by atoms with Gasteiger partial charge in [0.1, 0.15) is 0 Å². The third kappa shape index (κ3) is 2.99. The van der Waals surface area contributed by atoms with Crippen molar-refractivity contribution in [2.75, 3.05) is 12.4 Å². The molecule has 0 amide bonds. The van der Waals surface area contributed by atoms with Gasteiger partial charge in [-0.3, -0.25) is 0 Å². The predicted octanol–water partition coefficient (Wildman–Crippen LogP) is 1.46. The smallest absolute Gasteiger partial charge is 0.0912 e. The van der Waals surface area contributed by atoms with Gasteiger partial charge in [0.25, 0.3) is 0 Å². The summed E-state index contributed by atoms with van der Waals surface area (Å²) in [6.45, 7) is 0.259. The molecule has 3 N–H and O–H groups in total. The number of nitrogens with two attached hydrogens (primary N) is 1. The number of hydrogen-bond donors (Lipinski definition) is 2. The highest BCUT2D eigenvalue weighted by Crippen LogP contribution is 2.12. The van der Waals surface area contributed by atoms with E-state index in [4.69, 9.17) is 17.3 Å². The van der Waals surface area contributed by atoms with E-state index in [1.165, 1.54) is 5.56 Å². The molecule has 1 atom stereocenters. The number of aliphatic hydroxyl groups is 1. The van der Waals surface area contributed by atoms with Gasteiger partial charge in [0.15, 0.2) is 0 Å². The molecule has 0 bridgehead atoms. The predicted molar refractivity (Wildman–Crippen MR) is 54.9 cm³/mol. The van der Waals surface area contributed by atoms with Gasteiger partial charge in [0.05, 0.1) is 6.10 Å². The summed E-state index contributed by atoms with van der Waals surface area (Å²) in [5.74, 6) is 0.624. The zero-order valence-electron chi connectivity index (χ0n) is 7.41. The first-order valence-corrected chi connectivity index (χ1v) is 4.84. The van der Waals surface area contributed by atoms with E-state index in [1.54, 1.807) is 0 Å². The van der Waals surface area contributed by atoms with Crippen LogP contribution in [0, 0.1) is 0 Å². The van der Waals surface area contributed by atoms with E-state index in [2.05, 4.69) is 0 Å². The molecule has 0 unspecified atom stereocenters. The van der Waals surface area contributed by atoms with Gasteiger partial charge >= 0.3 is 0 Å². The van der Waals surface area contributed by atoms with Gasteiger partial charge < -0.3 is 10.8 Å². The van der Waals surface area contributed by atoms with E-state index < -0.39 is 6.10 Å². The van der Waals surface area contributed by atoms with Crippen molar-refractivity contribution in [2.45, 2.75) is 12.5 Å². The zero-order chi connectivity index (χ0) is 9.68. The maximum Gasteiger partial charge on any atom is 0.0912 e. The van der Waals surface area contributed by atoms with E-state index in [0.29, 0.717) is 5.88 Å². The molecule has 0 heterocycles. The molecule has 0 aliphatic rings. The zero-order valence-corrected chi connectivity index (χ0v) is 8.17. The number of hydrogen-bond acceptors (Lipinski definition) is 2. The fourth-order valence-electron chi connectivity index (χ4n) is 1.15. The summed E-state index contributed by atoms with van der Waals surface area (Å²) >= 11 is 5.60. The van der Waals surface area contributed by atoms with E-state index in [-0.39, 0.29) is 6.54 Å². The molecule has 0 spiro atoms. The van der Waals surface area contributed by atoms with Crippen LogP contribution in [-0.2, 0) is 6.42 Å². The van der Waals surface area contributed by atoms with Crippen LogP contribution in [0.15, 0.2) is 24.3 Å². The summed E-state index contributed by atoms with van der Waals surface area (Å²) < 4.78 is 0. The second kappa shape index (κ2) is 5.22. The highest BCUT2D eigenvalue weighted by molar-refractivity contribution is 6.17. The topological polar surface area (TPSA) is 46.2 Å².